The number of benzene rings is 2. The molecule has 2 aromatic carbocycles. The summed E-state index contributed by atoms with van der Waals surface area (Å²) in [6.07, 6.45) is 6.01. The van der Waals surface area contributed by atoms with Crippen molar-refractivity contribution in [2.75, 3.05) is 13.1 Å². The second-order valence-electron chi connectivity index (χ2n) is 10.6. The summed E-state index contributed by atoms with van der Waals surface area (Å²) in [6, 6.07) is 15.8. The molecule has 0 N–H and O–H groups in total. The number of sulfonamides is 1. The summed E-state index contributed by atoms with van der Waals surface area (Å²) >= 11 is 0. The second-order valence-corrected chi connectivity index (χ2v) is 12.5. The quantitative estimate of drug-likeness (QED) is 0.291. The molecule has 41 heavy (non-hydrogen) atoms. The van der Waals surface area contributed by atoms with Crippen LogP contribution in [0.25, 0.3) is 21.4 Å². The van der Waals surface area contributed by atoms with Crippen molar-refractivity contribution in [2.24, 2.45) is 14.1 Å². The lowest BCUT2D eigenvalue weighted by Crippen LogP contribution is -2.36. The number of nitrogens with zero attached hydrogens (tertiary/aromatic N) is 8. The molecule has 1 atom stereocenters. The molecule has 1 aliphatic rings. The highest BCUT2D eigenvalue weighted by Gasteiger charge is 2.45. The average Bonchev–Trinajstić information content (AvgIpc) is 3.69. The Morgan fingerprint density at radius 1 is 1.07 bits per heavy atom. The van der Waals surface area contributed by atoms with Gasteiger partial charge in [-0.15, -0.1) is 5.10 Å². The van der Waals surface area contributed by atoms with E-state index in [0.717, 1.165) is 27.6 Å². The molecule has 208 valence electrons. The summed E-state index contributed by atoms with van der Waals surface area (Å²) in [5.74, 6) is 0. The van der Waals surface area contributed by atoms with Crippen molar-refractivity contribution in [1.29, 1.82) is 0 Å². The lowest BCUT2D eigenvalue weighted by molar-refractivity contribution is 0.412. The number of aromatic nitrogens is 6. The third-order valence-electron chi connectivity index (χ3n) is 7.89. The van der Waals surface area contributed by atoms with Crippen LogP contribution in [0.3, 0.4) is 0 Å². The molecule has 0 amide bonds. The Morgan fingerprint density at radius 3 is 2.56 bits per heavy atom. The van der Waals surface area contributed by atoms with Crippen LogP contribution in [-0.4, -0.2) is 55.2 Å². The van der Waals surface area contributed by atoms with E-state index in [0.29, 0.717) is 31.6 Å². The minimum atomic E-state index is -3.82. The van der Waals surface area contributed by atoms with Crippen molar-refractivity contribution < 1.29 is 8.42 Å². The van der Waals surface area contributed by atoms with Gasteiger partial charge in [0, 0.05) is 44.2 Å². The van der Waals surface area contributed by atoms with Gasteiger partial charge in [0.2, 0.25) is 5.03 Å². The number of hydrogen-bond donors (Lipinski definition) is 0. The van der Waals surface area contributed by atoms with Gasteiger partial charge < -0.3 is 4.57 Å². The van der Waals surface area contributed by atoms with Crippen LogP contribution in [0.2, 0.25) is 0 Å². The summed E-state index contributed by atoms with van der Waals surface area (Å²) < 4.78 is 31.7. The molecule has 6 rings (SSSR count). The van der Waals surface area contributed by atoms with Crippen LogP contribution in [0.4, 0.5) is 5.69 Å². The van der Waals surface area contributed by atoms with E-state index in [2.05, 4.69) is 38.3 Å². The van der Waals surface area contributed by atoms with E-state index in [9.17, 15) is 13.2 Å². The van der Waals surface area contributed by atoms with Crippen LogP contribution in [0.15, 0.2) is 76.9 Å². The molecule has 0 aliphatic carbocycles. The first kappa shape index (κ1) is 26.6. The molecule has 1 unspecified atom stereocenters. The van der Waals surface area contributed by atoms with E-state index in [4.69, 9.17) is 6.57 Å². The van der Waals surface area contributed by atoms with Crippen molar-refractivity contribution in [3.63, 3.8) is 0 Å². The monoisotopic (exact) mass is 568 g/mol. The van der Waals surface area contributed by atoms with E-state index in [-0.39, 0.29) is 16.3 Å². The number of aryl methyl sites for hydroxylation is 3. The smallest absolute Gasteiger partial charge is 0.264 e. The molecule has 1 saturated heterocycles. The minimum absolute atomic E-state index is 0.0270. The van der Waals surface area contributed by atoms with Gasteiger partial charge in [-0.2, -0.15) is 19.3 Å². The number of fused-ring (bicyclic) bond motifs is 1. The first-order valence-electron chi connectivity index (χ1n) is 13.1. The molecule has 11 nitrogen and oxygen atoms in total. The molecule has 12 heteroatoms. The fourth-order valence-electron chi connectivity index (χ4n) is 5.89. The van der Waals surface area contributed by atoms with E-state index >= 15 is 0 Å². The summed E-state index contributed by atoms with van der Waals surface area (Å²) in [7, 11) is -0.609. The Balaban J connectivity index is 1.46. The van der Waals surface area contributed by atoms with Crippen molar-refractivity contribution in [2.45, 2.75) is 30.2 Å². The largest absolute Gasteiger partial charge is 0.325 e. The maximum absolute atomic E-state index is 13.5. The molecule has 0 bridgehead atoms. The van der Waals surface area contributed by atoms with Crippen LogP contribution < -0.4 is 5.56 Å². The van der Waals surface area contributed by atoms with Gasteiger partial charge >= 0.3 is 0 Å². The van der Waals surface area contributed by atoms with Crippen LogP contribution in [0, 0.1) is 13.5 Å². The molecule has 0 radical (unpaired) electrons. The van der Waals surface area contributed by atoms with E-state index < -0.39 is 15.4 Å². The summed E-state index contributed by atoms with van der Waals surface area (Å²) in [6.45, 7) is 10.1. The maximum Gasteiger partial charge on any atom is 0.264 e. The van der Waals surface area contributed by atoms with Crippen LogP contribution in [-0.2, 0) is 36.0 Å². The topological polar surface area (TPSA) is 112 Å². The summed E-state index contributed by atoms with van der Waals surface area (Å²) in [4.78, 5) is 16.9. The van der Waals surface area contributed by atoms with E-state index in [1.54, 1.807) is 37.2 Å². The SMILES string of the molecule is [C-]#[N+]c1cc(-n2ncc3cc(C4(Cc5ccccc5)CCN(S(=O)(=O)c5cnn(C)n5)C4)c(C)cc32)cn(C)c1=O. The molecular formula is C29H28N8O3S. The summed E-state index contributed by atoms with van der Waals surface area (Å²) in [5, 5.41) is 13.5. The zero-order valence-electron chi connectivity index (χ0n) is 22.9. The Hall–Kier alpha value is -4.60. The standard InChI is InChI=1S/C29H28N8O3S/c1-20-12-26-22(16-32-37(26)23-14-25(30-2)28(38)34(3)18-23)13-24(20)29(15-21-8-6-5-7-9-21)10-11-36(19-29)41(39,40)27-17-31-35(4)33-27/h5-9,12-14,16-18H,10-11,15,19H2,1,3-4H3. The van der Waals surface area contributed by atoms with E-state index in [1.807, 2.05) is 31.2 Å². The van der Waals surface area contributed by atoms with Gasteiger partial charge in [0.25, 0.3) is 21.3 Å². The van der Waals surface area contributed by atoms with Crippen molar-refractivity contribution in [3.8, 4) is 5.69 Å². The van der Waals surface area contributed by atoms with Crippen molar-refractivity contribution >= 4 is 26.6 Å². The van der Waals surface area contributed by atoms with Gasteiger partial charge in [-0.25, -0.2) is 17.9 Å². The molecular weight excluding hydrogens is 540 g/mol. The molecule has 1 aliphatic heterocycles. The third-order valence-corrected chi connectivity index (χ3v) is 9.59. The zero-order chi connectivity index (χ0) is 28.9. The van der Waals surface area contributed by atoms with Gasteiger partial charge in [0.1, 0.15) is 0 Å². The van der Waals surface area contributed by atoms with Crippen molar-refractivity contribution in [1.82, 2.24) is 33.6 Å². The minimum Gasteiger partial charge on any atom is -0.325 e. The molecule has 0 spiro atoms. The van der Waals surface area contributed by atoms with Crippen molar-refractivity contribution in [3.05, 3.63) is 106 Å². The summed E-state index contributed by atoms with van der Waals surface area (Å²) in [5.41, 5.74) is 3.82. The molecule has 0 saturated carbocycles. The molecule has 1 fully saturated rings. The Bertz CT molecular complexity index is 2000. The number of hydrogen-bond acceptors (Lipinski definition) is 6. The number of rotatable bonds is 6. The highest BCUT2D eigenvalue weighted by Crippen LogP contribution is 2.42. The van der Waals surface area contributed by atoms with Gasteiger partial charge in [-0.05, 0) is 54.7 Å². The Morgan fingerprint density at radius 2 is 1.85 bits per heavy atom. The predicted molar refractivity (Wildman–Crippen MR) is 154 cm³/mol. The first-order chi connectivity index (χ1) is 19.6. The Labute approximate surface area is 237 Å². The number of pyridine rings is 1. The lowest BCUT2D eigenvalue weighted by Gasteiger charge is -2.32. The second kappa shape index (κ2) is 9.79. The highest BCUT2D eigenvalue weighted by atomic mass is 32.2. The zero-order valence-corrected chi connectivity index (χ0v) is 23.7. The van der Waals surface area contributed by atoms with Gasteiger partial charge in [0.15, 0.2) is 0 Å². The van der Waals surface area contributed by atoms with Crippen LogP contribution in [0.1, 0.15) is 23.1 Å². The molecule has 5 aromatic rings. The predicted octanol–water partition coefficient (Wildman–Crippen LogP) is 3.29. The molecule has 3 aromatic heterocycles. The fraction of sp³-hybridized carbons (Fsp3) is 0.276. The average molecular weight is 569 g/mol. The Kier molecular flexibility index (Phi) is 6.36. The van der Waals surface area contributed by atoms with E-state index in [1.165, 1.54) is 19.9 Å². The highest BCUT2D eigenvalue weighted by molar-refractivity contribution is 7.89. The van der Waals surface area contributed by atoms with Gasteiger partial charge in [-0.1, -0.05) is 30.3 Å². The lowest BCUT2D eigenvalue weighted by atomic mass is 9.73. The fourth-order valence-corrected chi connectivity index (χ4v) is 7.31. The normalized spacial score (nSPS) is 17.7. The maximum atomic E-state index is 13.5. The van der Waals surface area contributed by atoms with Crippen LogP contribution >= 0.6 is 0 Å². The van der Waals surface area contributed by atoms with Gasteiger partial charge in [0.05, 0.1) is 30.2 Å². The van der Waals surface area contributed by atoms with Crippen LogP contribution in [0.5, 0.6) is 0 Å². The third kappa shape index (κ3) is 4.53. The first-order valence-corrected chi connectivity index (χ1v) is 14.5. The van der Waals surface area contributed by atoms with Gasteiger partial charge in [-0.3, -0.25) is 4.79 Å². The molecule has 4 heterocycles.